The van der Waals surface area contributed by atoms with Gasteiger partial charge in [-0.25, -0.2) is 4.98 Å². The SMILES string of the molecule is O=c1c([N+](=O)[O-])c(NCC2C3Cc4ccccc4C23)nc2ccccn12. The topological polar surface area (TPSA) is 89.5 Å². The monoisotopic (exact) mass is 348 g/mol. The molecule has 3 aromatic rings. The second kappa shape index (κ2) is 5.39. The molecule has 7 nitrogen and oxygen atoms in total. The quantitative estimate of drug-likeness (QED) is 0.578. The van der Waals surface area contributed by atoms with Crippen LogP contribution in [0.4, 0.5) is 11.5 Å². The van der Waals surface area contributed by atoms with Gasteiger partial charge in [0.15, 0.2) is 0 Å². The van der Waals surface area contributed by atoms with E-state index in [1.165, 1.54) is 21.7 Å². The molecule has 130 valence electrons. The average molecular weight is 348 g/mol. The van der Waals surface area contributed by atoms with Crippen LogP contribution in [0.2, 0.25) is 0 Å². The standard InChI is InChI=1S/C19H16N4O3/c24-19-17(23(25)26)18(21-15-7-3-4-8-22(15)19)20-10-14-13-9-11-5-1-2-6-12(11)16(13)14/h1-8,13-14,16,20H,9-10H2. The minimum Gasteiger partial charge on any atom is -0.364 e. The molecular formula is C19H16N4O3. The van der Waals surface area contributed by atoms with Crippen LogP contribution in [0.1, 0.15) is 17.0 Å². The number of benzene rings is 1. The lowest BCUT2D eigenvalue weighted by molar-refractivity contribution is -0.385. The third-order valence-electron chi connectivity index (χ3n) is 5.60. The summed E-state index contributed by atoms with van der Waals surface area (Å²) in [6.45, 7) is 0.583. The first-order chi connectivity index (χ1) is 12.6. The van der Waals surface area contributed by atoms with Crippen molar-refractivity contribution in [2.24, 2.45) is 11.8 Å². The molecule has 2 aliphatic carbocycles. The molecule has 2 aromatic heterocycles. The van der Waals surface area contributed by atoms with Crippen LogP contribution in [0.25, 0.3) is 5.65 Å². The highest BCUT2D eigenvalue weighted by Crippen LogP contribution is 2.61. The summed E-state index contributed by atoms with van der Waals surface area (Å²) in [5.41, 5.74) is 2.04. The molecule has 0 bridgehead atoms. The molecule has 0 saturated heterocycles. The molecule has 3 atom stereocenters. The van der Waals surface area contributed by atoms with Crippen LogP contribution in [0, 0.1) is 22.0 Å². The molecule has 0 spiro atoms. The highest BCUT2D eigenvalue weighted by atomic mass is 16.6. The predicted octanol–water partition coefficient (Wildman–Crippen LogP) is 2.60. The molecule has 2 heterocycles. The lowest BCUT2D eigenvalue weighted by Crippen LogP contribution is -2.22. The van der Waals surface area contributed by atoms with Gasteiger partial charge in [0, 0.05) is 12.7 Å². The van der Waals surface area contributed by atoms with E-state index in [0.29, 0.717) is 29.9 Å². The van der Waals surface area contributed by atoms with Gasteiger partial charge in [-0.1, -0.05) is 30.3 Å². The summed E-state index contributed by atoms with van der Waals surface area (Å²) < 4.78 is 1.20. The smallest absolute Gasteiger partial charge is 0.364 e. The maximum absolute atomic E-state index is 12.5. The van der Waals surface area contributed by atoms with Crippen molar-refractivity contribution in [2.45, 2.75) is 12.3 Å². The Morgan fingerprint density at radius 2 is 2.04 bits per heavy atom. The summed E-state index contributed by atoms with van der Waals surface area (Å²) in [7, 11) is 0. The zero-order valence-electron chi connectivity index (χ0n) is 13.8. The van der Waals surface area contributed by atoms with E-state index in [9.17, 15) is 14.9 Å². The number of hydrogen-bond acceptors (Lipinski definition) is 5. The number of pyridine rings is 1. The Bertz CT molecular complexity index is 1110. The summed E-state index contributed by atoms with van der Waals surface area (Å²) in [4.78, 5) is 27.5. The van der Waals surface area contributed by atoms with Crippen molar-refractivity contribution >= 4 is 17.2 Å². The van der Waals surface area contributed by atoms with E-state index in [1.807, 2.05) is 0 Å². The number of hydrogen-bond donors (Lipinski definition) is 1. The maximum Gasteiger partial charge on any atom is 0.376 e. The highest BCUT2D eigenvalue weighted by Gasteiger charge is 2.55. The van der Waals surface area contributed by atoms with Crippen molar-refractivity contribution in [1.29, 1.82) is 0 Å². The molecule has 2 aliphatic rings. The predicted molar refractivity (Wildman–Crippen MR) is 96.5 cm³/mol. The van der Waals surface area contributed by atoms with Gasteiger partial charge in [0.1, 0.15) is 5.65 Å². The minimum absolute atomic E-state index is 0.0597. The Labute approximate surface area is 148 Å². The Kier molecular flexibility index (Phi) is 3.12. The minimum atomic E-state index is -0.663. The van der Waals surface area contributed by atoms with Gasteiger partial charge in [-0.2, -0.15) is 0 Å². The number of fused-ring (bicyclic) bond motifs is 4. The molecule has 1 aromatic carbocycles. The van der Waals surface area contributed by atoms with Gasteiger partial charge in [-0.05, 0) is 47.4 Å². The zero-order valence-corrected chi connectivity index (χ0v) is 13.8. The molecule has 1 N–H and O–H groups in total. The molecule has 0 aliphatic heterocycles. The molecule has 5 rings (SSSR count). The lowest BCUT2D eigenvalue weighted by atomic mass is 10.0. The average Bonchev–Trinajstić information content (AvgIpc) is 3.17. The van der Waals surface area contributed by atoms with Crippen molar-refractivity contribution in [1.82, 2.24) is 9.38 Å². The fourth-order valence-corrected chi connectivity index (χ4v) is 4.34. The van der Waals surface area contributed by atoms with Gasteiger partial charge in [0.2, 0.25) is 5.82 Å². The van der Waals surface area contributed by atoms with Crippen molar-refractivity contribution in [3.05, 3.63) is 80.3 Å². The van der Waals surface area contributed by atoms with Gasteiger partial charge in [-0.15, -0.1) is 0 Å². The fraction of sp³-hybridized carbons (Fsp3) is 0.263. The molecule has 7 heteroatoms. The Morgan fingerprint density at radius 1 is 1.23 bits per heavy atom. The summed E-state index contributed by atoms with van der Waals surface area (Å²) in [5, 5.41) is 14.5. The van der Waals surface area contributed by atoms with E-state index < -0.39 is 16.2 Å². The van der Waals surface area contributed by atoms with Crippen LogP contribution >= 0.6 is 0 Å². The van der Waals surface area contributed by atoms with Crippen LogP contribution in [0.5, 0.6) is 0 Å². The highest BCUT2D eigenvalue weighted by molar-refractivity contribution is 5.60. The van der Waals surface area contributed by atoms with Crippen LogP contribution in [0.15, 0.2) is 53.5 Å². The van der Waals surface area contributed by atoms with Gasteiger partial charge in [0.05, 0.1) is 4.92 Å². The number of anilines is 1. The zero-order chi connectivity index (χ0) is 17.8. The number of nitrogens with zero attached hydrogens (tertiary/aromatic N) is 3. The third-order valence-corrected chi connectivity index (χ3v) is 5.60. The summed E-state index contributed by atoms with van der Waals surface area (Å²) in [5.74, 6) is 1.59. The molecule has 0 amide bonds. The van der Waals surface area contributed by atoms with Crippen LogP contribution in [-0.2, 0) is 6.42 Å². The molecule has 1 fully saturated rings. The number of nitro groups is 1. The number of aromatic nitrogens is 2. The summed E-state index contributed by atoms with van der Waals surface area (Å²) >= 11 is 0. The van der Waals surface area contributed by atoms with E-state index >= 15 is 0 Å². The van der Waals surface area contributed by atoms with Crippen molar-refractivity contribution in [2.75, 3.05) is 11.9 Å². The Morgan fingerprint density at radius 3 is 2.88 bits per heavy atom. The molecule has 1 saturated carbocycles. The first-order valence-electron chi connectivity index (χ1n) is 8.62. The number of rotatable bonds is 4. The second-order valence-corrected chi connectivity index (χ2v) is 6.94. The first-order valence-corrected chi connectivity index (χ1v) is 8.62. The van der Waals surface area contributed by atoms with Crippen molar-refractivity contribution in [3.63, 3.8) is 0 Å². The number of nitrogens with one attached hydrogen (secondary N) is 1. The van der Waals surface area contributed by atoms with E-state index in [-0.39, 0.29) is 5.82 Å². The van der Waals surface area contributed by atoms with Crippen molar-refractivity contribution < 1.29 is 4.92 Å². The fourth-order valence-electron chi connectivity index (χ4n) is 4.34. The van der Waals surface area contributed by atoms with Gasteiger partial charge in [0.25, 0.3) is 0 Å². The molecule has 3 unspecified atom stereocenters. The molecule has 0 radical (unpaired) electrons. The van der Waals surface area contributed by atoms with E-state index in [1.54, 1.807) is 18.2 Å². The Balaban J connectivity index is 1.43. The van der Waals surface area contributed by atoms with E-state index in [4.69, 9.17) is 0 Å². The first kappa shape index (κ1) is 15.1. The van der Waals surface area contributed by atoms with Crippen molar-refractivity contribution in [3.8, 4) is 0 Å². The second-order valence-electron chi connectivity index (χ2n) is 6.94. The summed E-state index contributed by atoms with van der Waals surface area (Å²) in [6, 6.07) is 13.5. The van der Waals surface area contributed by atoms with E-state index in [0.717, 1.165) is 6.42 Å². The maximum atomic E-state index is 12.5. The van der Waals surface area contributed by atoms with Gasteiger partial charge in [-0.3, -0.25) is 19.3 Å². The molecular weight excluding hydrogens is 332 g/mol. The van der Waals surface area contributed by atoms with Gasteiger partial charge < -0.3 is 5.32 Å². The van der Waals surface area contributed by atoms with Crippen LogP contribution in [-0.4, -0.2) is 20.9 Å². The lowest BCUT2D eigenvalue weighted by Gasteiger charge is -2.10. The van der Waals surface area contributed by atoms with Gasteiger partial charge >= 0.3 is 11.2 Å². The normalized spacial score (nSPS) is 22.7. The third kappa shape index (κ3) is 2.13. The Hall–Kier alpha value is -3.22. The largest absolute Gasteiger partial charge is 0.376 e. The van der Waals surface area contributed by atoms with Crippen LogP contribution < -0.4 is 10.9 Å². The summed E-state index contributed by atoms with van der Waals surface area (Å²) in [6.07, 6.45) is 2.55. The molecule has 26 heavy (non-hydrogen) atoms. The van der Waals surface area contributed by atoms with Crippen LogP contribution in [0.3, 0.4) is 0 Å². The van der Waals surface area contributed by atoms with E-state index in [2.05, 4.69) is 34.6 Å².